The van der Waals surface area contributed by atoms with Crippen LogP contribution < -0.4 is 0 Å². The lowest BCUT2D eigenvalue weighted by atomic mass is 9.85. The first-order valence-electron chi connectivity index (χ1n) is 8.41. The van der Waals surface area contributed by atoms with Gasteiger partial charge < -0.3 is 9.47 Å². The molecule has 2 rings (SSSR count). The maximum absolute atomic E-state index is 12.6. The topological polar surface area (TPSA) is 55.8 Å². The summed E-state index contributed by atoms with van der Waals surface area (Å²) in [6, 6.07) is -0.376. The Morgan fingerprint density at radius 3 is 2.36 bits per heavy atom. The van der Waals surface area contributed by atoms with Gasteiger partial charge in [-0.2, -0.15) is 0 Å². The predicted octanol–water partition coefficient (Wildman–Crippen LogP) is 3.51. The summed E-state index contributed by atoms with van der Waals surface area (Å²) in [5, 5.41) is 0. The Kier molecular flexibility index (Phi) is 5.03. The molecule has 1 saturated carbocycles. The number of ether oxygens (including phenoxy) is 2. The molecule has 3 unspecified atom stereocenters. The van der Waals surface area contributed by atoms with Gasteiger partial charge in [-0.3, -0.25) is 4.90 Å². The molecule has 2 aliphatic rings. The van der Waals surface area contributed by atoms with E-state index in [0.29, 0.717) is 12.3 Å². The van der Waals surface area contributed by atoms with E-state index in [1.54, 1.807) is 4.90 Å². The van der Waals surface area contributed by atoms with E-state index in [0.717, 1.165) is 19.3 Å². The zero-order valence-corrected chi connectivity index (χ0v) is 14.4. The average Bonchev–Trinajstić information content (AvgIpc) is 2.75. The molecular weight excluding hydrogens is 282 g/mol. The van der Waals surface area contributed by atoms with Gasteiger partial charge in [0.05, 0.1) is 6.10 Å². The maximum Gasteiger partial charge on any atom is 0.411 e. The number of fused-ring (bicyclic) bond motifs is 1. The standard InChI is InChI=1S/C17H29NO4/c1-11(2)21-15(19)14-10-12-8-6-7-9-13(12)18(14)16(20)22-17(3,4)5/h11-14H,6-10H2,1-5H3. The van der Waals surface area contributed by atoms with Crippen molar-refractivity contribution >= 4 is 12.1 Å². The van der Waals surface area contributed by atoms with Crippen molar-refractivity contribution in [3.05, 3.63) is 0 Å². The largest absolute Gasteiger partial charge is 0.461 e. The van der Waals surface area contributed by atoms with Crippen LogP contribution in [-0.2, 0) is 14.3 Å². The predicted molar refractivity (Wildman–Crippen MR) is 83.5 cm³/mol. The summed E-state index contributed by atoms with van der Waals surface area (Å²) in [5.41, 5.74) is -0.559. The molecule has 0 aromatic carbocycles. The summed E-state index contributed by atoms with van der Waals surface area (Å²) in [4.78, 5) is 26.7. The van der Waals surface area contributed by atoms with Crippen molar-refractivity contribution in [2.75, 3.05) is 0 Å². The lowest BCUT2D eigenvalue weighted by Crippen LogP contribution is -2.49. The number of nitrogens with zero attached hydrogens (tertiary/aromatic N) is 1. The van der Waals surface area contributed by atoms with Gasteiger partial charge in [0.25, 0.3) is 0 Å². The van der Waals surface area contributed by atoms with Gasteiger partial charge in [0.2, 0.25) is 0 Å². The number of hydrogen-bond donors (Lipinski definition) is 0. The van der Waals surface area contributed by atoms with Crippen LogP contribution in [0.2, 0.25) is 0 Å². The number of carbonyl (C=O) groups excluding carboxylic acids is 2. The van der Waals surface area contributed by atoms with Crippen molar-refractivity contribution < 1.29 is 19.1 Å². The van der Waals surface area contributed by atoms with Crippen LogP contribution in [0.15, 0.2) is 0 Å². The van der Waals surface area contributed by atoms with Crippen molar-refractivity contribution in [2.24, 2.45) is 5.92 Å². The van der Waals surface area contributed by atoms with Crippen LogP contribution in [0.5, 0.6) is 0 Å². The molecule has 0 aromatic heterocycles. The lowest BCUT2D eigenvalue weighted by Gasteiger charge is -2.34. The molecule has 126 valence electrons. The summed E-state index contributed by atoms with van der Waals surface area (Å²) in [6.45, 7) is 9.21. The molecule has 1 aliphatic heterocycles. The van der Waals surface area contributed by atoms with Crippen molar-refractivity contribution in [3.63, 3.8) is 0 Å². The van der Waals surface area contributed by atoms with Gasteiger partial charge in [0.15, 0.2) is 0 Å². The fourth-order valence-corrected chi connectivity index (χ4v) is 3.56. The molecule has 1 amide bonds. The first-order chi connectivity index (χ1) is 10.2. The monoisotopic (exact) mass is 311 g/mol. The highest BCUT2D eigenvalue weighted by atomic mass is 16.6. The summed E-state index contributed by atoms with van der Waals surface area (Å²) >= 11 is 0. The average molecular weight is 311 g/mol. The first kappa shape index (κ1) is 17.1. The SMILES string of the molecule is CC(C)OC(=O)C1CC2CCCCC2N1C(=O)OC(C)(C)C. The Bertz CT molecular complexity index is 427. The third-order valence-corrected chi connectivity index (χ3v) is 4.32. The van der Waals surface area contributed by atoms with E-state index in [-0.39, 0.29) is 24.2 Å². The molecule has 0 bridgehead atoms. The smallest absolute Gasteiger partial charge is 0.411 e. The van der Waals surface area contributed by atoms with Crippen LogP contribution in [0.1, 0.15) is 66.7 Å². The number of likely N-dealkylation sites (tertiary alicyclic amines) is 1. The molecule has 0 N–H and O–H groups in total. The minimum absolute atomic E-state index is 0.119. The molecule has 5 heteroatoms. The minimum atomic E-state index is -0.559. The van der Waals surface area contributed by atoms with Gasteiger partial charge in [0.1, 0.15) is 11.6 Å². The third-order valence-electron chi connectivity index (χ3n) is 4.32. The van der Waals surface area contributed by atoms with E-state index in [9.17, 15) is 9.59 Å². The van der Waals surface area contributed by atoms with Gasteiger partial charge in [-0.25, -0.2) is 9.59 Å². The highest BCUT2D eigenvalue weighted by molar-refractivity contribution is 5.82. The summed E-state index contributed by atoms with van der Waals surface area (Å²) < 4.78 is 10.9. The summed E-state index contributed by atoms with van der Waals surface area (Å²) in [5.74, 6) is 0.0984. The van der Waals surface area contributed by atoms with Crippen molar-refractivity contribution in [3.8, 4) is 0 Å². The third kappa shape index (κ3) is 3.93. The van der Waals surface area contributed by atoms with Gasteiger partial charge in [-0.1, -0.05) is 12.8 Å². The van der Waals surface area contributed by atoms with E-state index in [1.165, 1.54) is 6.42 Å². The van der Waals surface area contributed by atoms with Crippen LogP contribution in [0, 0.1) is 5.92 Å². The molecule has 1 aliphatic carbocycles. The second-order valence-electron chi connectivity index (χ2n) is 7.74. The van der Waals surface area contributed by atoms with Gasteiger partial charge >= 0.3 is 12.1 Å². The lowest BCUT2D eigenvalue weighted by molar-refractivity contribution is -0.153. The van der Waals surface area contributed by atoms with Crippen LogP contribution in [-0.4, -0.2) is 40.8 Å². The fraction of sp³-hybridized carbons (Fsp3) is 0.882. The van der Waals surface area contributed by atoms with Crippen LogP contribution in [0.3, 0.4) is 0 Å². The molecule has 3 atom stereocenters. The number of carbonyl (C=O) groups is 2. The molecule has 0 aromatic rings. The second kappa shape index (κ2) is 6.47. The normalized spacial score (nSPS) is 28.5. The van der Waals surface area contributed by atoms with E-state index in [1.807, 2.05) is 34.6 Å². The second-order valence-corrected chi connectivity index (χ2v) is 7.74. The van der Waals surface area contributed by atoms with Crippen LogP contribution >= 0.6 is 0 Å². The zero-order chi connectivity index (χ0) is 16.5. The number of esters is 1. The molecule has 2 fully saturated rings. The van der Waals surface area contributed by atoms with Gasteiger partial charge in [0, 0.05) is 6.04 Å². The van der Waals surface area contributed by atoms with E-state index in [4.69, 9.17) is 9.47 Å². The Morgan fingerprint density at radius 1 is 1.14 bits per heavy atom. The Balaban J connectivity index is 2.18. The molecule has 0 spiro atoms. The minimum Gasteiger partial charge on any atom is -0.461 e. The molecular formula is C17H29NO4. The Morgan fingerprint density at radius 2 is 1.77 bits per heavy atom. The fourth-order valence-electron chi connectivity index (χ4n) is 3.56. The molecule has 1 saturated heterocycles. The molecule has 22 heavy (non-hydrogen) atoms. The van der Waals surface area contributed by atoms with E-state index >= 15 is 0 Å². The maximum atomic E-state index is 12.6. The zero-order valence-electron chi connectivity index (χ0n) is 14.4. The van der Waals surface area contributed by atoms with Gasteiger partial charge in [-0.05, 0) is 59.8 Å². The number of hydrogen-bond acceptors (Lipinski definition) is 4. The summed E-state index contributed by atoms with van der Waals surface area (Å²) in [7, 11) is 0. The number of rotatable bonds is 2. The van der Waals surface area contributed by atoms with E-state index in [2.05, 4.69) is 0 Å². The van der Waals surface area contributed by atoms with E-state index < -0.39 is 11.6 Å². The molecule has 1 heterocycles. The molecule has 5 nitrogen and oxygen atoms in total. The van der Waals surface area contributed by atoms with Crippen molar-refractivity contribution in [2.45, 2.75) is 90.5 Å². The van der Waals surface area contributed by atoms with Crippen molar-refractivity contribution in [1.82, 2.24) is 4.90 Å². The van der Waals surface area contributed by atoms with Crippen molar-refractivity contribution in [1.29, 1.82) is 0 Å². The van der Waals surface area contributed by atoms with Crippen LogP contribution in [0.25, 0.3) is 0 Å². The summed E-state index contributed by atoms with van der Waals surface area (Å²) in [6.07, 6.45) is 4.46. The quantitative estimate of drug-likeness (QED) is 0.732. The Hall–Kier alpha value is -1.26. The van der Waals surface area contributed by atoms with Gasteiger partial charge in [-0.15, -0.1) is 0 Å². The van der Waals surface area contributed by atoms with Crippen LogP contribution in [0.4, 0.5) is 4.79 Å². The first-order valence-corrected chi connectivity index (χ1v) is 8.41. The highest BCUT2D eigenvalue weighted by Gasteiger charge is 2.49. The number of amides is 1. The molecule has 0 radical (unpaired) electrons. The Labute approximate surface area is 133 Å². The highest BCUT2D eigenvalue weighted by Crippen LogP contribution is 2.40.